The van der Waals surface area contributed by atoms with Gasteiger partial charge in [-0.3, -0.25) is 0 Å². The Morgan fingerprint density at radius 2 is 1.68 bits per heavy atom. The minimum atomic E-state index is -0.885. The molecular formula is C16H11BrO2. The molecule has 3 rings (SSSR count). The average Bonchev–Trinajstić information content (AvgIpc) is 2.45. The van der Waals surface area contributed by atoms with Crippen molar-refractivity contribution in [3.8, 4) is 0 Å². The summed E-state index contributed by atoms with van der Waals surface area (Å²) in [5.41, 5.74) is 1.20. The van der Waals surface area contributed by atoms with E-state index in [4.69, 9.17) is 0 Å². The van der Waals surface area contributed by atoms with Gasteiger partial charge >= 0.3 is 5.97 Å². The predicted molar refractivity (Wildman–Crippen MR) is 81.0 cm³/mol. The summed E-state index contributed by atoms with van der Waals surface area (Å²) in [6.07, 6.45) is 0. The summed E-state index contributed by atoms with van der Waals surface area (Å²) in [5, 5.41) is 14.1. The number of halogens is 1. The number of alkyl halides is 1. The predicted octanol–water partition coefficient (Wildman–Crippen LogP) is 4.59. The summed E-state index contributed by atoms with van der Waals surface area (Å²) in [6.45, 7) is 0. The molecule has 0 unspecified atom stereocenters. The highest BCUT2D eigenvalue weighted by Gasteiger charge is 2.14. The molecule has 0 bridgehead atoms. The van der Waals surface area contributed by atoms with Crippen LogP contribution < -0.4 is 0 Å². The fourth-order valence-electron chi connectivity index (χ4n) is 2.51. The van der Waals surface area contributed by atoms with Crippen LogP contribution in [-0.4, -0.2) is 11.1 Å². The monoisotopic (exact) mass is 314 g/mol. The van der Waals surface area contributed by atoms with E-state index in [-0.39, 0.29) is 0 Å². The lowest BCUT2D eigenvalue weighted by Gasteiger charge is -2.11. The van der Waals surface area contributed by atoms with Gasteiger partial charge in [-0.15, -0.1) is 0 Å². The number of carboxylic acids is 1. The smallest absolute Gasteiger partial charge is 0.336 e. The van der Waals surface area contributed by atoms with Gasteiger partial charge in [-0.2, -0.15) is 0 Å². The maximum absolute atomic E-state index is 11.3. The molecular weight excluding hydrogens is 304 g/mol. The van der Waals surface area contributed by atoms with E-state index >= 15 is 0 Å². The van der Waals surface area contributed by atoms with E-state index in [1.807, 2.05) is 36.4 Å². The van der Waals surface area contributed by atoms with Crippen LogP contribution in [0.1, 0.15) is 15.9 Å². The molecule has 0 aromatic heterocycles. The highest BCUT2D eigenvalue weighted by atomic mass is 79.9. The third kappa shape index (κ3) is 1.90. The van der Waals surface area contributed by atoms with Crippen molar-refractivity contribution < 1.29 is 9.90 Å². The number of carboxylic acid groups (broad SMARTS) is 1. The number of carbonyl (C=O) groups is 1. The Hall–Kier alpha value is -1.87. The zero-order valence-corrected chi connectivity index (χ0v) is 11.6. The molecule has 1 N–H and O–H groups in total. The molecule has 0 aliphatic heterocycles. The highest BCUT2D eigenvalue weighted by Crippen LogP contribution is 2.31. The summed E-state index contributed by atoms with van der Waals surface area (Å²) < 4.78 is 0. The third-order valence-electron chi connectivity index (χ3n) is 3.38. The van der Waals surface area contributed by atoms with E-state index in [0.29, 0.717) is 10.9 Å². The Kier molecular flexibility index (Phi) is 2.99. The normalized spacial score (nSPS) is 11.0. The van der Waals surface area contributed by atoms with Crippen LogP contribution in [0, 0.1) is 0 Å². The number of hydrogen-bond donors (Lipinski definition) is 1. The lowest BCUT2D eigenvalue weighted by atomic mass is 9.95. The minimum absolute atomic E-state index is 0.362. The molecule has 0 saturated heterocycles. The van der Waals surface area contributed by atoms with Crippen LogP contribution in [0.2, 0.25) is 0 Å². The molecule has 3 aromatic carbocycles. The fraction of sp³-hybridized carbons (Fsp3) is 0.0625. The number of hydrogen-bond acceptors (Lipinski definition) is 1. The van der Waals surface area contributed by atoms with Crippen molar-refractivity contribution in [2.24, 2.45) is 0 Å². The van der Waals surface area contributed by atoms with E-state index in [2.05, 4.69) is 22.0 Å². The van der Waals surface area contributed by atoms with E-state index in [1.165, 1.54) is 0 Å². The second-order valence-electron chi connectivity index (χ2n) is 4.42. The van der Waals surface area contributed by atoms with Gasteiger partial charge in [-0.1, -0.05) is 58.4 Å². The quantitative estimate of drug-likeness (QED) is 0.555. The Morgan fingerprint density at radius 3 is 2.42 bits per heavy atom. The molecule has 0 saturated carbocycles. The summed E-state index contributed by atoms with van der Waals surface area (Å²) in [4.78, 5) is 11.3. The Labute approximate surface area is 118 Å². The van der Waals surface area contributed by atoms with E-state index < -0.39 is 5.97 Å². The van der Waals surface area contributed by atoms with Gasteiger partial charge in [0.25, 0.3) is 0 Å². The first-order chi connectivity index (χ1) is 9.22. The van der Waals surface area contributed by atoms with Crippen LogP contribution in [0.5, 0.6) is 0 Å². The van der Waals surface area contributed by atoms with Gasteiger partial charge in [0.1, 0.15) is 0 Å². The topological polar surface area (TPSA) is 37.3 Å². The second-order valence-corrected chi connectivity index (χ2v) is 4.98. The molecule has 2 nitrogen and oxygen atoms in total. The number of fused-ring (bicyclic) bond motifs is 3. The first-order valence-corrected chi connectivity index (χ1v) is 7.07. The lowest BCUT2D eigenvalue weighted by molar-refractivity contribution is 0.0696. The molecule has 0 heterocycles. The van der Waals surface area contributed by atoms with Gasteiger partial charge in [0.15, 0.2) is 0 Å². The molecule has 94 valence electrons. The largest absolute Gasteiger partial charge is 0.478 e. The van der Waals surface area contributed by atoms with Crippen LogP contribution >= 0.6 is 15.9 Å². The molecule has 3 heteroatoms. The van der Waals surface area contributed by atoms with Crippen molar-refractivity contribution in [1.82, 2.24) is 0 Å². The standard InChI is InChI=1S/C16H11BrO2/c17-9-14-13(16(18)19)8-7-11-6-5-10-3-1-2-4-12(10)15(11)14/h1-8H,9H2,(H,18,19). The molecule has 3 aromatic rings. The Morgan fingerprint density at radius 1 is 1.00 bits per heavy atom. The van der Waals surface area contributed by atoms with Crippen LogP contribution in [-0.2, 0) is 5.33 Å². The van der Waals surface area contributed by atoms with Crippen LogP contribution in [0.3, 0.4) is 0 Å². The van der Waals surface area contributed by atoms with Crippen LogP contribution in [0.4, 0.5) is 0 Å². The van der Waals surface area contributed by atoms with Crippen molar-refractivity contribution in [3.63, 3.8) is 0 Å². The van der Waals surface area contributed by atoms with Crippen molar-refractivity contribution in [2.75, 3.05) is 0 Å². The van der Waals surface area contributed by atoms with Crippen molar-refractivity contribution in [3.05, 3.63) is 59.7 Å². The molecule has 0 aliphatic carbocycles. The second kappa shape index (κ2) is 4.67. The molecule has 19 heavy (non-hydrogen) atoms. The van der Waals surface area contributed by atoms with Crippen molar-refractivity contribution in [1.29, 1.82) is 0 Å². The molecule has 0 aliphatic rings. The van der Waals surface area contributed by atoms with Gasteiger partial charge in [0.05, 0.1) is 5.56 Å². The van der Waals surface area contributed by atoms with Crippen molar-refractivity contribution in [2.45, 2.75) is 5.33 Å². The first-order valence-electron chi connectivity index (χ1n) is 5.95. The number of benzene rings is 3. The molecule has 0 radical (unpaired) electrons. The van der Waals surface area contributed by atoms with Gasteiger partial charge in [0, 0.05) is 5.33 Å². The van der Waals surface area contributed by atoms with Gasteiger partial charge in [0.2, 0.25) is 0 Å². The molecule has 0 spiro atoms. The van der Waals surface area contributed by atoms with Gasteiger partial charge < -0.3 is 5.11 Å². The SMILES string of the molecule is O=C(O)c1ccc2ccc3ccccc3c2c1CBr. The van der Waals surface area contributed by atoms with E-state index in [1.54, 1.807) is 6.07 Å². The maximum Gasteiger partial charge on any atom is 0.336 e. The minimum Gasteiger partial charge on any atom is -0.478 e. The summed E-state index contributed by atoms with van der Waals surface area (Å²) in [7, 11) is 0. The van der Waals surface area contributed by atoms with E-state index in [9.17, 15) is 9.90 Å². The summed E-state index contributed by atoms with van der Waals surface area (Å²) >= 11 is 3.42. The molecule has 0 atom stereocenters. The summed E-state index contributed by atoms with van der Waals surface area (Å²) in [5.74, 6) is -0.885. The van der Waals surface area contributed by atoms with Crippen molar-refractivity contribution >= 4 is 43.4 Å². The number of rotatable bonds is 2. The zero-order valence-electron chi connectivity index (χ0n) is 10.1. The Balaban J connectivity index is 2.55. The molecule has 0 amide bonds. The Bertz CT molecular complexity index is 793. The maximum atomic E-state index is 11.3. The molecule has 0 fully saturated rings. The highest BCUT2D eigenvalue weighted by molar-refractivity contribution is 9.08. The average molecular weight is 315 g/mol. The van der Waals surface area contributed by atoms with Gasteiger partial charge in [-0.05, 0) is 33.2 Å². The zero-order chi connectivity index (χ0) is 13.4. The summed E-state index contributed by atoms with van der Waals surface area (Å²) in [6, 6.07) is 15.7. The third-order valence-corrected chi connectivity index (χ3v) is 3.94. The number of aromatic carboxylic acids is 1. The fourth-order valence-corrected chi connectivity index (χ4v) is 3.09. The van der Waals surface area contributed by atoms with Gasteiger partial charge in [-0.25, -0.2) is 4.79 Å². The lowest BCUT2D eigenvalue weighted by Crippen LogP contribution is -2.01. The van der Waals surface area contributed by atoms with Crippen LogP contribution in [0.15, 0.2) is 48.5 Å². The first kappa shape index (κ1) is 12.2. The van der Waals surface area contributed by atoms with E-state index in [0.717, 1.165) is 27.1 Å². The van der Waals surface area contributed by atoms with Crippen LogP contribution in [0.25, 0.3) is 21.5 Å².